The minimum atomic E-state index is 0. The molecule has 0 nitrogen and oxygen atoms in total. The van der Waals surface area contributed by atoms with Gasteiger partial charge in [-0.25, -0.2) is 0 Å². The highest BCUT2D eigenvalue weighted by molar-refractivity contribution is 6.94. The number of hydrogen-bond donors (Lipinski definition) is 0. The first-order valence-corrected chi connectivity index (χ1v) is 0. The van der Waals surface area contributed by atoms with Crippen molar-refractivity contribution in [2.75, 3.05) is 0 Å². The van der Waals surface area contributed by atoms with Gasteiger partial charge >= 0.3 is 0 Å². The quantitative estimate of drug-likeness (QED) is 0.399. The first-order valence-electron chi connectivity index (χ1n) is 0. The Kier molecular flexibility index (Phi) is 2910. The van der Waals surface area contributed by atoms with Gasteiger partial charge < -0.3 is 0 Å². The van der Waals surface area contributed by atoms with E-state index in [1.165, 1.54) is 0 Å². The lowest BCUT2D eigenvalue weighted by Gasteiger charge is -0.154. The summed E-state index contributed by atoms with van der Waals surface area (Å²) in [5.41, 5.74) is 0. The summed E-state index contributed by atoms with van der Waals surface area (Å²) in [5.74, 6) is 0. The second-order valence-corrected chi connectivity index (χ2v) is 0. The van der Waals surface area contributed by atoms with Gasteiger partial charge in [-0.3, -0.25) is 0 Å². The summed E-state index contributed by atoms with van der Waals surface area (Å²) in [5, 5.41) is 0. The average molecular weight is 544 g/mol. The molecule has 0 saturated heterocycles. The summed E-state index contributed by atoms with van der Waals surface area (Å²) in [6.45, 7) is 0. The Balaban J connectivity index is 0. The third-order valence-corrected chi connectivity index (χ3v) is 0. The van der Waals surface area contributed by atoms with Gasteiger partial charge in [0.15, 0.2) is 0 Å². The van der Waals surface area contributed by atoms with Crippen LogP contribution in [0.4, 0.5) is 0 Å². The zero-order valence-electron chi connectivity index (χ0n) is 11.3. The van der Waals surface area contributed by atoms with Crippen molar-refractivity contribution in [3.05, 3.63) is 0 Å². The van der Waals surface area contributed by atoms with Crippen LogP contribution in [0, 0.1) is 0 Å². The number of hydrogen-bond acceptors (Lipinski definition) is 0. The van der Waals surface area contributed by atoms with Gasteiger partial charge in [0, 0.05) is 0 Å². The molecule has 16 heteroatoms. The van der Waals surface area contributed by atoms with E-state index in [-0.39, 0.29) is 158 Å². The van der Waals surface area contributed by atoms with Crippen molar-refractivity contribution in [1.29, 1.82) is 0 Å². The van der Waals surface area contributed by atoms with Crippen LogP contribution >= 0.6 is 158 Å². The third-order valence-electron chi connectivity index (χ3n) is 0. The van der Waals surface area contributed by atoms with E-state index >= 15 is 0 Å². The molecular weight excluding hydrogens is 496 g/mol. The molecule has 16 heavy (non-hydrogen) atoms. The minimum Gasteiger partial charge on any atom is -0.153 e. The van der Waals surface area contributed by atoms with Gasteiger partial charge in [0.1, 0.15) is 0 Å². The first kappa shape index (κ1) is 231. The second kappa shape index (κ2) is 202. The van der Waals surface area contributed by atoms with Crippen molar-refractivity contribution >= 4 is 158 Å². The van der Waals surface area contributed by atoms with Gasteiger partial charge in [0.25, 0.3) is 0 Å². The van der Waals surface area contributed by atoms with Gasteiger partial charge in [0.2, 0.25) is 0 Å². The highest BCUT2D eigenvalue weighted by Gasteiger charge is -0.138. The zero-order valence-corrected chi connectivity index (χ0v) is 33.9. The van der Waals surface area contributed by atoms with Crippen molar-refractivity contribution in [2.24, 2.45) is 0 Å². The third kappa shape index (κ3) is 174. The Labute approximate surface area is 157 Å². The molecule has 0 N–H and O–H groups in total. The molecule has 0 aliphatic carbocycles. The first-order chi connectivity index (χ1) is 0. The van der Waals surface area contributed by atoms with Crippen molar-refractivity contribution < 1.29 is 0 Å². The predicted octanol–water partition coefficient (Wildman–Crippen LogP) is 0.930. The van der Waals surface area contributed by atoms with Crippen LogP contribution in [0.15, 0.2) is 0 Å². The van der Waals surface area contributed by atoms with E-state index in [4.69, 9.17) is 0 Å². The Morgan fingerprint density at radius 3 is 0.0625 bits per heavy atom. The summed E-state index contributed by atoms with van der Waals surface area (Å²) >= 11 is 0. The number of rotatable bonds is 0. The van der Waals surface area contributed by atoms with Crippen LogP contribution in [0.2, 0.25) is 0 Å². The summed E-state index contributed by atoms with van der Waals surface area (Å²) in [6.07, 6.45) is 0. The van der Waals surface area contributed by atoms with Gasteiger partial charge in [-0.15, -0.1) is 0 Å². The predicted molar refractivity (Wildman–Crippen MR) is 178 cm³/mol. The lowest BCUT2D eigenvalue weighted by molar-refractivity contribution is 6.92. The van der Waals surface area contributed by atoms with Gasteiger partial charge in [-0.1, -0.05) is 0 Å². The van der Waals surface area contributed by atoms with E-state index in [9.17, 15) is 0 Å². The molecule has 0 amide bonds. The fourth-order valence-electron chi connectivity index (χ4n) is 0. The zero-order chi connectivity index (χ0) is 0. The lowest BCUT2D eigenvalue weighted by Crippen LogP contribution is 0.860. The van der Waals surface area contributed by atoms with Crippen LogP contribution in [0.25, 0.3) is 0 Å². The Hall–Kier alpha value is 6.88. The monoisotopic (exact) mass is 544 g/mol. The molecule has 0 radical (unpaired) electrons. The SMILES string of the molecule is P.P.P.P.P.P.P.P.P.P.P.P.P.P.P.P. The van der Waals surface area contributed by atoms with Crippen molar-refractivity contribution in [2.45, 2.75) is 0 Å². The molecular formula is H48P16. The van der Waals surface area contributed by atoms with Crippen LogP contribution in [-0.2, 0) is 0 Å². The summed E-state index contributed by atoms with van der Waals surface area (Å²) < 4.78 is 0. The maximum Gasteiger partial charge on any atom is -0.153 e. The molecule has 0 aliphatic heterocycles. The van der Waals surface area contributed by atoms with Crippen molar-refractivity contribution in [3.8, 4) is 0 Å². The second-order valence-electron chi connectivity index (χ2n) is 0. The molecule has 0 aromatic heterocycles. The molecule has 0 saturated carbocycles. The molecule has 128 valence electrons. The highest BCUT2D eigenvalue weighted by Crippen LogP contribution is 0.876. The van der Waals surface area contributed by atoms with Gasteiger partial charge in [-0.2, -0.15) is 158 Å². The molecule has 0 fully saturated rings. The molecule has 16 unspecified atom stereocenters. The van der Waals surface area contributed by atoms with E-state index in [1.807, 2.05) is 0 Å². The smallest absolute Gasteiger partial charge is 0.153 e. The molecule has 0 bridgehead atoms. The Bertz CT molecular complexity index is 0. The van der Waals surface area contributed by atoms with Gasteiger partial charge in [-0.05, 0) is 0 Å². The van der Waals surface area contributed by atoms with E-state index < -0.39 is 0 Å². The van der Waals surface area contributed by atoms with Crippen molar-refractivity contribution in [1.82, 2.24) is 0 Å². The summed E-state index contributed by atoms with van der Waals surface area (Å²) in [7, 11) is 0. The lowest BCUT2D eigenvalue weighted by atomic mass is 31.0. The summed E-state index contributed by atoms with van der Waals surface area (Å²) in [6, 6.07) is 0. The van der Waals surface area contributed by atoms with Crippen LogP contribution < -0.4 is 0 Å². The largest absolute Gasteiger partial charge is 0.153 e. The highest BCUT2D eigenvalue weighted by atomic mass is 31.0. The van der Waals surface area contributed by atoms with E-state index in [1.54, 1.807) is 0 Å². The fourth-order valence-corrected chi connectivity index (χ4v) is 0. The Morgan fingerprint density at radius 1 is 0.0625 bits per heavy atom. The minimum absolute atomic E-state index is 0. The summed E-state index contributed by atoms with van der Waals surface area (Å²) in [4.78, 5) is 0. The normalized spacial score (nSPS) is 0. The van der Waals surface area contributed by atoms with Crippen LogP contribution in [0.1, 0.15) is 0 Å². The van der Waals surface area contributed by atoms with Crippen LogP contribution in [0.3, 0.4) is 0 Å². The van der Waals surface area contributed by atoms with E-state index in [2.05, 4.69) is 0 Å². The molecule has 0 aromatic carbocycles. The topological polar surface area (TPSA) is 0 Å². The molecule has 0 heterocycles. The molecule has 0 aliphatic rings. The molecule has 16 atom stereocenters. The maximum atomic E-state index is 0. The molecule has 0 spiro atoms. The van der Waals surface area contributed by atoms with Crippen LogP contribution in [0.5, 0.6) is 0 Å². The molecule has 0 rings (SSSR count). The molecule has 0 aromatic rings. The van der Waals surface area contributed by atoms with E-state index in [0.717, 1.165) is 0 Å². The Morgan fingerprint density at radius 2 is 0.0625 bits per heavy atom. The van der Waals surface area contributed by atoms with Gasteiger partial charge in [0.05, 0.1) is 0 Å². The van der Waals surface area contributed by atoms with Crippen LogP contribution in [-0.4, -0.2) is 0 Å². The van der Waals surface area contributed by atoms with Crippen molar-refractivity contribution in [3.63, 3.8) is 0 Å². The van der Waals surface area contributed by atoms with E-state index in [0.29, 0.717) is 0 Å². The standard InChI is InChI=1S/16H3P/h16*1H3. The average Bonchev–Trinajstić information content (AvgIpc) is 0. The maximum absolute atomic E-state index is 0. The fraction of sp³-hybridized carbons (Fsp3) is 0.